The topological polar surface area (TPSA) is 15.3 Å². The molecule has 0 amide bonds. The minimum Gasteiger partial charge on any atom is -0.310 e. The normalized spacial score (nSPS) is 28.5. The van der Waals surface area contributed by atoms with Gasteiger partial charge in [0.1, 0.15) is 0 Å². The lowest BCUT2D eigenvalue weighted by molar-refractivity contribution is 0.325. The second-order valence-corrected chi connectivity index (χ2v) is 7.12. The van der Waals surface area contributed by atoms with Crippen molar-refractivity contribution in [2.24, 2.45) is 17.8 Å². The lowest BCUT2D eigenvalue weighted by Crippen LogP contribution is -2.35. The van der Waals surface area contributed by atoms with E-state index in [0.29, 0.717) is 6.04 Å². The highest BCUT2D eigenvalue weighted by atomic mass is 15.0. The molecule has 1 fully saturated rings. The molecule has 0 aromatic heterocycles. The molecule has 4 unspecified atom stereocenters. The van der Waals surface area contributed by atoms with Gasteiger partial charge in [-0.05, 0) is 62.7 Å². The number of benzene rings is 1. The third kappa shape index (κ3) is 3.38. The monoisotopic (exact) mass is 284 g/mol. The van der Waals surface area contributed by atoms with Crippen LogP contribution in [-0.2, 0) is 13.1 Å². The molecular weight excluding hydrogens is 256 g/mol. The SMILES string of the molecule is CC(NCc1ccccc1CN(C)C)C1CC2C=CC1C2. The van der Waals surface area contributed by atoms with Gasteiger partial charge in [0.25, 0.3) is 0 Å². The molecule has 1 aromatic rings. The maximum Gasteiger partial charge on any atom is 0.0230 e. The Hall–Kier alpha value is -1.12. The summed E-state index contributed by atoms with van der Waals surface area (Å²) in [6.45, 7) is 4.37. The Labute approximate surface area is 129 Å². The number of rotatable bonds is 6. The summed E-state index contributed by atoms with van der Waals surface area (Å²) in [7, 11) is 4.27. The van der Waals surface area contributed by atoms with Crippen LogP contribution in [0.5, 0.6) is 0 Å². The average molecular weight is 284 g/mol. The lowest BCUT2D eigenvalue weighted by Gasteiger charge is -2.27. The number of nitrogens with zero attached hydrogens (tertiary/aromatic N) is 1. The molecule has 2 aliphatic carbocycles. The summed E-state index contributed by atoms with van der Waals surface area (Å²) in [5, 5.41) is 3.79. The molecular formula is C19H28N2. The largest absolute Gasteiger partial charge is 0.310 e. The van der Waals surface area contributed by atoms with Crippen LogP contribution < -0.4 is 5.32 Å². The highest BCUT2D eigenvalue weighted by Crippen LogP contribution is 2.44. The number of hydrogen-bond donors (Lipinski definition) is 1. The van der Waals surface area contributed by atoms with Gasteiger partial charge < -0.3 is 10.2 Å². The van der Waals surface area contributed by atoms with Gasteiger partial charge >= 0.3 is 0 Å². The Balaban J connectivity index is 1.59. The van der Waals surface area contributed by atoms with Crippen molar-refractivity contribution in [1.29, 1.82) is 0 Å². The summed E-state index contributed by atoms with van der Waals surface area (Å²) in [5.74, 6) is 2.53. The van der Waals surface area contributed by atoms with Crippen LogP contribution in [0.25, 0.3) is 0 Å². The Morgan fingerprint density at radius 2 is 1.90 bits per heavy atom. The van der Waals surface area contributed by atoms with E-state index >= 15 is 0 Å². The first kappa shape index (κ1) is 14.8. The molecule has 1 saturated carbocycles. The molecule has 2 bridgehead atoms. The van der Waals surface area contributed by atoms with Gasteiger partial charge in [0.15, 0.2) is 0 Å². The summed E-state index contributed by atoms with van der Waals surface area (Å²) in [6.07, 6.45) is 7.67. The highest BCUT2D eigenvalue weighted by Gasteiger charge is 2.38. The average Bonchev–Trinajstić information content (AvgIpc) is 3.08. The molecule has 2 nitrogen and oxygen atoms in total. The Bertz CT molecular complexity index is 506. The van der Waals surface area contributed by atoms with Crippen molar-refractivity contribution in [3.05, 3.63) is 47.5 Å². The number of nitrogens with one attached hydrogen (secondary N) is 1. The maximum absolute atomic E-state index is 3.79. The first-order valence-corrected chi connectivity index (χ1v) is 8.26. The zero-order valence-corrected chi connectivity index (χ0v) is 13.5. The van der Waals surface area contributed by atoms with Gasteiger partial charge in [-0.15, -0.1) is 0 Å². The highest BCUT2D eigenvalue weighted by molar-refractivity contribution is 5.27. The third-order valence-corrected chi connectivity index (χ3v) is 5.19. The predicted octanol–water partition coefficient (Wildman–Crippen LogP) is 3.44. The molecule has 0 aliphatic heterocycles. The fourth-order valence-corrected chi connectivity index (χ4v) is 4.05. The van der Waals surface area contributed by atoms with E-state index in [1.807, 2.05) is 0 Å². The predicted molar refractivity (Wildman–Crippen MR) is 89.0 cm³/mol. The van der Waals surface area contributed by atoms with Crippen molar-refractivity contribution >= 4 is 0 Å². The smallest absolute Gasteiger partial charge is 0.0230 e. The summed E-state index contributed by atoms with van der Waals surface area (Å²) in [6, 6.07) is 9.42. The van der Waals surface area contributed by atoms with Gasteiger partial charge in [-0.3, -0.25) is 0 Å². The van der Waals surface area contributed by atoms with Crippen LogP contribution >= 0.6 is 0 Å². The maximum atomic E-state index is 3.79. The molecule has 114 valence electrons. The van der Waals surface area contributed by atoms with Gasteiger partial charge in [-0.1, -0.05) is 36.4 Å². The molecule has 0 radical (unpaired) electrons. The standard InChI is InChI=1S/C19H28N2/c1-14(19-11-15-8-9-16(19)10-15)20-12-17-6-4-5-7-18(17)13-21(2)3/h4-9,14-16,19-20H,10-13H2,1-3H3. The van der Waals surface area contributed by atoms with E-state index in [1.165, 1.54) is 24.0 Å². The molecule has 4 atom stereocenters. The van der Waals surface area contributed by atoms with Crippen LogP contribution in [0, 0.1) is 17.8 Å². The molecule has 0 saturated heterocycles. The molecule has 21 heavy (non-hydrogen) atoms. The molecule has 3 rings (SSSR count). The fourth-order valence-electron chi connectivity index (χ4n) is 4.05. The van der Waals surface area contributed by atoms with Crippen LogP contribution in [-0.4, -0.2) is 25.0 Å². The molecule has 0 heterocycles. The zero-order chi connectivity index (χ0) is 14.8. The summed E-state index contributed by atoms with van der Waals surface area (Å²) in [5.41, 5.74) is 2.88. The minimum atomic E-state index is 0.609. The Morgan fingerprint density at radius 3 is 2.52 bits per heavy atom. The lowest BCUT2D eigenvalue weighted by atomic mass is 9.87. The van der Waals surface area contributed by atoms with Gasteiger partial charge in [0.2, 0.25) is 0 Å². The van der Waals surface area contributed by atoms with E-state index in [-0.39, 0.29) is 0 Å². The third-order valence-electron chi connectivity index (χ3n) is 5.19. The van der Waals surface area contributed by atoms with Crippen molar-refractivity contribution in [3.63, 3.8) is 0 Å². The first-order chi connectivity index (χ1) is 10.1. The van der Waals surface area contributed by atoms with E-state index in [4.69, 9.17) is 0 Å². The molecule has 2 heteroatoms. The van der Waals surface area contributed by atoms with Crippen molar-refractivity contribution in [3.8, 4) is 0 Å². The molecule has 1 N–H and O–H groups in total. The van der Waals surface area contributed by atoms with Crippen molar-refractivity contribution in [2.45, 2.75) is 38.9 Å². The van der Waals surface area contributed by atoms with Gasteiger partial charge in [-0.25, -0.2) is 0 Å². The Morgan fingerprint density at radius 1 is 1.14 bits per heavy atom. The van der Waals surface area contributed by atoms with Gasteiger partial charge in [-0.2, -0.15) is 0 Å². The van der Waals surface area contributed by atoms with Crippen molar-refractivity contribution in [2.75, 3.05) is 14.1 Å². The quantitative estimate of drug-likeness (QED) is 0.805. The fraction of sp³-hybridized carbons (Fsp3) is 0.579. The Kier molecular flexibility index (Phi) is 4.46. The van der Waals surface area contributed by atoms with Crippen LogP contribution in [0.3, 0.4) is 0 Å². The van der Waals surface area contributed by atoms with Crippen LogP contribution in [0.15, 0.2) is 36.4 Å². The second-order valence-electron chi connectivity index (χ2n) is 7.12. The van der Waals surface area contributed by atoms with Crippen molar-refractivity contribution < 1.29 is 0 Å². The number of allylic oxidation sites excluding steroid dienone is 2. The molecule has 0 spiro atoms. The van der Waals surface area contributed by atoms with Crippen LogP contribution in [0.4, 0.5) is 0 Å². The van der Waals surface area contributed by atoms with Crippen LogP contribution in [0.1, 0.15) is 30.9 Å². The van der Waals surface area contributed by atoms with Gasteiger partial charge in [0.05, 0.1) is 0 Å². The van der Waals surface area contributed by atoms with Gasteiger partial charge in [0, 0.05) is 19.1 Å². The van der Waals surface area contributed by atoms with E-state index < -0.39 is 0 Å². The van der Waals surface area contributed by atoms with E-state index in [9.17, 15) is 0 Å². The number of fused-ring (bicyclic) bond motifs is 2. The first-order valence-electron chi connectivity index (χ1n) is 8.26. The minimum absolute atomic E-state index is 0.609. The summed E-state index contributed by atoms with van der Waals surface area (Å²) in [4.78, 5) is 2.24. The van der Waals surface area contributed by atoms with E-state index in [0.717, 1.165) is 30.8 Å². The van der Waals surface area contributed by atoms with Crippen molar-refractivity contribution in [1.82, 2.24) is 10.2 Å². The molecule has 2 aliphatic rings. The zero-order valence-electron chi connectivity index (χ0n) is 13.5. The number of hydrogen-bond acceptors (Lipinski definition) is 2. The summed E-state index contributed by atoms with van der Waals surface area (Å²) < 4.78 is 0. The summed E-state index contributed by atoms with van der Waals surface area (Å²) >= 11 is 0. The second kappa shape index (κ2) is 6.33. The van der Waals surface area contributed by atoms with Crippen LogP contribution in [0.2, 0.25) is 0 Å². The van der Waals surface area contributed by atoms with E-state index in [2.05, 4.69) is 67.7 Å². The molecule has 1 aromatic carbocycles. The van der Waals surface area contributed by atoms with E-state index in [1.54, 1.807) is 0 Å².